The number of halogens is 1. The van der Waals surface area contributed by atoms with Gasteiger partial charge in [0.05, 0.1) is 5.41 Å². The molecule has 2 rings (SSSR count). The van der Waals surface area contributed by atoms with Gasteiger partial charge in [0, 0.05) is 15.3 Å². The van der Waals surface area contributed by atoms with Crippen LogP contribution in [0.2, 0.25) is 0 Å². The molecule has 0 heterocycles. The number of carbonyl (C=O) groups excluding carboxylic acids is 1. The molecule has 1 amide bonds. The van der Waals surface area contributed by atoms with Crippen LogP contribution in [0.1, 0.15) is 26.2 Å². The Morgan fingerprint density at radius 3 is 2.65 bits per heavy atom. The second kappa shape index (κ2) is 4.94. The van der Waals surface area contributed by atoms with E-state index in [2.05, 4.69) is 27.9 Å². The third-order valence-electron chi connectivity index (χ3n) is 3.65. The normalized spacial score (nSPS) is 28.1. The van der Waals surface area contributed by atoms with Gasteiger partial charge in [0.2, 0.25) is 5.91 Å². The topological polar surface area (TPSA) is 55.1 Å². The Morgan fingerprint density at radius 1 is 1.47 bits per heavy atom. The van der Waals surface area contributed by atoms with E-state index in [-0.39, 0.29) is 11.9 Å². The van der Waals surface area contributed by atoms with Crippen molar-refractivity contribution in [3.8, 4) is 0 Å². The molecule has 92 valence electrons. The molecule has 0 bridgehead atoms. The Kier molecular flexibility index (Phi) is 3.73. The first-order valence-electron chi connectivity index (χ1n) is 5.85. The van der Waals surface area contributed by atoms with Gasteiger partial charge in [-0.2, -0.15) is 0 Å². The fourth-order valence-electron chi connectivity index (χ4n) is 2.28. The Labute approximate surface area is 115 Å². The lowest BCUT2D eigenvalue weighted by molar-refractivity contribution is -0.125. The third kappa shape index (κ3) is 2.63. The lowest BCUT2D eigenvalue weighted by Gasteiger charge is -2.27. The first kappa shape index (κ1) is 12.8. The summed E-state index contributed by atoms with van der Waals surface area (Å²) in [6.45, 7) is 1.96. The average Bonchev–Trinajstić information content (AvgIpc) is 2.64. The first-order valence-corrected chi connectivity index (χ1v) is 6.93. The highest BCUT2D eigenvalue weighted by Crippen LogP contribution is 2.37. The molecule has 1 aromatic carbocycles. The van der Waals surface area contributed by atoms with Crippen LogP contribution in [0.4, 0.5) is 5.69 Å². The highest BCUT2D eigenvalue weighted by atomic mass is 127. The van der Waals surface area contributed by atoms with E-state index in [9.17, 15) is 4.79 Å². The van der Waals surface area contributed by atoms with E-state index in [0.717, 1.165) is 28.5 Å². The van der Waals surface area contributed by atoms with Gasteiger partial charge in [-0.15, -0.1) is 0 Å². The van der Waals surface area contributed by atoms with Crippen molar-refractivity contribution in [3.63, 3.8) is 0 Å². The minimum absolute atomic E-state index is 0.0219. The second-order valence-electron chi connectivity index (χ2n) is 4.88. The molecule has 2 unspecified atom stereocenters. The molecule has 1 aliphatic carbocycles. The van der Waals surface area contributed by atoms with Crippen LogP contribution in [0.3, 0.4) is 0 Å². The highest BCUT2D eigenvalue weighted by Gasteiger charge is 2.42. The van der Waals surface area contributed by atoms with Crippen molar-refractivity contribution in [1.82, 2.24) is 0 Å². The number of hydrogen-bond donors (Lipinski definition) is 2. The predicted molar refractivity (Wildman–Crippen MR) is 77.7 cm³/mol. The maximum Gasteiger partial charge on any atom is 0.231 e. The van der Waals surface area contributed by atoms with Crippen LogP contribution in [0.25, 0.3) is 0 Å². The minimum Gasteiger partial charge on any atom is -0.327 e. The summed E-state index contributed by atoms with van der Waals surface area (Å²) in [7, 11) is 0. The van der Waals surface area contributed by atoms with Gasteiger partial charge in [0.25, 0.3) is 0 Å². The summed E-state index contributed by atoms with van der Waals surface area (Å²) in [4.78, 5) is 12.2. The summed E-state index contributed by atoms with van der Waals surface area (Å²) < 4.78 is 1.16. The van der Waals surface area contributed by atoms with Crippen molar-refractivity contribution in [3.05, 3.63) is 27.8 Å². The van der Waals surface area contributed by atoms with Crippen molar-refractivity contribution >= 4 is 34.2 Å². The Balaban J connectivity index is 2.09. The monoisotopic (exact) mass is 344 g/mol. The molecule has 1 saturated carbocycles. The quantitative estimate of drug-likeness (QED) is 0.811. The summed E-state index contributed by atoms with van der Waals surface area (Å²) in [5, 5.41) is 2.96. The molecule has 2 atom stereocenters. The molecule has 0 spiro atoms. The zero-order valence-corrected chi connectivity index (χ0v) is 12.0. The molecule has 3 nitrogen and oxygen atoms in total. The van der Waals surface area contributed by atoms with Crippen LogP contribution in [-0.2, 0) is 4.79 Å². The van der Waals surface area contributed by atoms with Crippen LogP contribution < -0.4 is 11.1 Å². The number of hydrogen-bond acceptors (Lipinski definition) is 2. The molecule has 1 aromatic rings. The largest absolute Gasteiger partial charge is 0.327 e. The van der Waals surface area contributed by atoms with Gasteiger partial charge in [0.15, 0.2) is 0 Å². The van der Waals surface area contributed by atoms with Gasteiger partial charge in [-0.3, -0.25) is 4.79 Å². The molecule has 1 fully saturated rings. The molecule has 0 saturated heterocycles. The maximum absolute atomic E-state index is 12.2. The summed E-state index contributed by atoms with van der Waals surface area (Å²) >= 11 is 2.24. The third-order valence-corrected chi connectivity index (χ3v) is 4.37. The van der Waals surface area contributed by atoms with Crippen LogP contribution in [0.5, 0.6) is 0 Å². The molecule has 3 N–H and O–H groups in total. The highest BCUT2D eigenvalue weighted by molar-refractivity contribution is 14.1. The van der Waals surface area contributed by atoms with E-state index in [1.165, 1.54) is 0 Å². The van der Waals surface area contributed by atoms with Crippen molar-refractivity contribution < 1.29 is 4.79 Å². The Hall–Kier alpha value is -0.620. The number of amides is 1. The number of carbonyl (C=O) groups is 1. The van der Waals surface area contributed by atoms with E-state index in [1.807, 2.05) is 31.2 Å². The first-order chi connectivity index (χ1) is 8.02. The van der Waals surface area contributed by atoms with E-state index < -0.39 is 5.41 Å². The van der Waals surface area contributed by atoms with Gasteiger partial charge >= 0.3 is 0 Å². The van der Waals surface area contributed by atoms with Crippen molar-refractivity contribution in [1.29, 1.82) is 0 Å². The van der Waals surface area contributed by atoms with Crippen LogP contribution >= 0.6 is 22.6 Å². The average molecular weight is 344 g/mol. The van der Waals surface area contributed by atoms with Gasteiger partial charge < -0.3 is 11.1 Å². The summed E-state index contributed by atoms with van der Waals surface area (Å²) in [6, 6.07) is 7.78. The predicted octanol–water partition coefficient (Wildman–Crippen LogP) is 2.75. The van der Waals surface area contributed by atoms with Crippen LogP contribution in [0, 0.1) is 8.99 Å². The number of nitrogens with one attached hydrogen (secondary N) is 1. The fourth-order valence-corrected chi connectivity index (χ4v) is 2.64. The standard InChI is InChI=1S/C13H17IN2O/c1-13(8-2-3-11(13)15)12(17)16-10-6-4-9(14)5-7-10/h4-7,11H,2-3,8,15H2,1H3,(H,16,17). The molecule has 1 aliphatic rings. The lowest BCUT2D eigenvalue weighted by Crippen LogP contribution is -2.44. The van der Waals surface area contributed by atoms with Gasteiger partial charge in [-0.25, -0.2) is 0 Å². The van der Waals surface area contributed by atoms with Crippen LogP contribution in [0.15, 0.2) is 24.3 Å². The maximum atomic E-state index is 12.2. The summed E-state index contributed by atoms with van der Waals surface area (Å²) in [5.41, 5.74) is 6.46. The molecule has 17 heavy (non-hydrogen) atoms. The molecule has 0 radical (unpaired) electrons. The van der Waals surface area contributed by atoms with Crippen molar-refractivity contribution in [2.75, 3.05) is 5.32 Å². The van der Waals surface area contributed by atoms with Gasteiger partial charge in [-0.1, -0.05) is 6.42 Å². The molecule has 0 aromatic heterocycles. The van der Waals surface area contributed by atoms with Gasteiger partial charge in [-0.05, 0) is 66.6 Å². The minimum atomic E-state index is -0.414. The van der Waals surface area contributed by atoms with E-state index in [4.69, 9.17) is 5.73 Å². The van der Waals surface area contributed by atoms with Crippen LogP contribution in [-0.4, -0.2) is 11.9 Å². The number of anilines is 1. The van der Waals surface area contributed by atoms with E-state index in [1.54, 1.807) is 0 Å². The second-order valence-corrected chi connectivity index (χ2v) is 6.12. The fraction of sp³-hybridized carbons (Fsp3) is 0.462. The smallest absolute Gasteiger partial charge is 0.231 e. The van der Waals surface area contributed by atoms with Crippen molar-refractivity contribution in [2.45, 2.75) is 32.2 Å². The molecular formula is C13H17IN2O. The van der Waals surface area contributed by atoms with Crippen molar-refractivity contribution in [2.24, 2.45) is 11.1 Å². The molecule has 0 aliphatic heterocycles. The zero-order chi connectivity index (χ0) is 12.5. The SMILES string of the molecule is CC1(C(=O)Nc2ccc(I)cc2)CCCC1N. The van der Waals surface area contributed by atoms with Gasteiger partial charge in [0.1, 0.15) is 0 Å². The Morgan fingerprint density at radius 2 is 2.12 bits per heavy atom. The number of rotatable bonds is 2. The molecular weight excluding hydrogens is 327 g/mol. The molecule has 4 heteroatoms. The Bertz CT molecular complexity index is 418. The van der Waals surface area contributed by atoms with E-state index in [0.29, 0.717) is 0 Å². The number of benzene rings is 1. The summed E-state index contributed by atoms with van der Waals surface area (Å²) in [6.07, 6.45) is 2.86. The van der Waals surface area contributed by atoms with E-state index >= 15 is 0 Å². The number of nitrogens with two attached hydrogens (primary N) is 1. The lowest BCUT2D eigenvalue weighted by atomic mass is 9.84. The zero-order valence-electron chi connectivity index (χ0n) is 9.87. The summed E-state index contributed by atoms with van der Waals surface area (Å²) in [5.74, 6) is 0.0451.